The monoisotopic (exact) mass is 363 g/mol. The molecule has 1 aromatic carbocycles. The summed E-state index contributed by atoms with van der Waals surface area (Å²) in [6, 6.07) is 8.31. The van der Waals surface area contributed by atoms with Gasteiger partial charge < -0.3 is 4.74 Å². The van der Waals surface area contributed by atoms with Crippen LogP contribution in [-0.4, -0.2) is 51.7 Å². The fraction of sp³-hybridized carbons (Fsp3) is 0.611. The van der Waals surface area contributed by atoms with Gasteiger partial charge in [0.2, 0.25) is 10.0 Å². The average Bonchev–Trinajstić information content (AvgIpc) is 2.68. The smallest absolute Gasteiger partial charge is 0.241 e. The topological polar surface area (TPSA) is 82.4 Å². The van der Waals surface area contributed by atoms with Gasteiger partial charge in [-0.15, -0.1) is 0 Å². The SMILES string of the molecule is N#Cc1ccccc1S(=O)(=O)NCC1(N2CCOCC2)CCCCC1. The summed E-state index contributed by atoms with van der Waals surface area (Å²) < 4.78 is 33.8. The van der Waals surface area contributed by atoms with Gasteiger partial charge in [0.1, 0.15) is 6.07 Å². The lowest BCUT2D eigenvalue weighted by Crippen LogP contribution is -2.59. The van der Waals surface area contributed by atoms with Crippen molar-refractivity contribution in [2.24, 2.45) is 0 Å². The number of sulfonamides is 1. The maximum atomic E-state index is 12.8. The van der Waals surface area contributed by atoms with Gasteiger partial charge in [-0.1, -0.05) is 31.4 Å². The van der Waals surface area contributed by atoms with E-state index < -0.39 is 10.0 Å². The Hall–Kier alpha value is -1.46. The van der Waals surface area contributed by atoms with Gasteiger partial charge >= 0.3 is 0 Å². The highest BCUT2D eigenvalue weighted by atomic mass is 32.2. The number of rotatable bonds is 5. The van der Waals surface area contributed by atoms with Gasteiger partial charge in [-0.25, -0.2) is 13.1 Å². The number of nitrogens with one attached hydrogen (secondary N) is 1. The third kappa shape index (κ3) is 4.04. The molecule has 0 atom stereocenters. The van der Waals surface area contributed by atoms with Crippen molar-refractivity contribution in [3.8, 4) is 6.07 Å². The number of morpholine rings is 1. The molecule has 136 valence electrons. The molecule has 1 saturated heterocycles. The van der Waals surface area contributed by atoms with Gasteiger partial charge in [0.25, 0.3) is 0 Å². The van der Waals surface area contributed by atoms with Gasteiger partial charge in [-0.2, -0.15) is 5.26 Å². The predicted octanol–water partition coefficient (Wildman–Crippen LogP) is 1.87. The van der Waals surface area contributed by atoms with Crippen molar-refractivity contribution in [2.75, 3.05) is 32.8 Å². The molecule has 2 fully saturated rings. The zero-order valence-electron chi connectivity index (χ0n) is 14.4. The second-order valence-electron chi connectivity index (χ2n) is 6.82. The Morgan fingerprint density at radius 1 is 1.16 bits per heavy atom. The Bertz CT molecular complexity index is 730. The van der Waals surface area contributed by atoms with Crippen molar-refractivity contribution in [3.63, 3.8) is 0 Å². The lowest BCUT2D eigenvalue weighted by atomic mass is 9.80. The van der Waals surface area contributed by atoms with Crippen LogP contribution in [0.4, 0.5) is 0 Å². The molecule has 1 aliphatic carbocycles. The fourth-order valence-electron chi connectivity index (χ4n) is 3.95. The second kappa shape index (κ2) is 7.83. The average molecular weight is 363 g/mol. The fourth-order valence-corrected chi connectivity index (χ4v) is 5.23. The van der Waals surface area contributed by atoms with E-state index in [4.69, 9.17) is 4.74 Å². The largest absolute Gasteiger partial charge is 0.379 e. The minimum Gasteiger partial charge on any atom is -0.379 e. The molecule has 0 radical (unpaired) electrons. The van der Waals surface area contributed by atoms with Crippen molar-refractivity contribution in [1.82, 2.24) is 9.62 Å². The van der Waals surface area contributed by atoms with E-state index in [1.54, 1.807) is 12.1 Å². The van der Waals surface area contributed by atoms with Gasteiger partial charge in [0.15, 0.2) is 0 Å². The molecule has 1 aliphatic heterocycles. The van der Waals surface area contributed by atoms with Crippen molar-refractivity contribution < 1.29 is 13.2 Å². The first-order valence-corrected chi connectivity index (χ1v) is 10.4. The molecule has 3 rings (SSSR count). The summed E-state index contributed by atoms with van der Waals surface area (Å²) in [5.74, 6) is 0. The van der Waals surface area contributed by atoms with Crippen LogP contribution in [0, 0.1) is 11.3 Å². The van der Waals surface area contributed by atoms with E-state index in [1.807, 2.05) is 6.07 Å². The molecule has 0 unspecified atom stereocenters. The van der Waals surface area contributed by atoms with E-state index in [0.717, 1.165) is 38.8 Å². The lowest BCUT2D eigenvalue weighted by molar-refractivity contribution is -0.0348. The van der Waals surface area contributed by atoms with E-state index in [1.165, 1.54) is 18.6 Å². The summed E-state index contributed by atoms with van der Waals surface area (Å²) in [4.78, 5) is 2.46. The molecule has 1 heterocycles. The van der Waals surface area contributed by atoms with Gasteiger partial charge in [-0.05, 0) is 25.0 Å². The molecule has 1 aromatic rings. The summed E-state index contributed by atoms with van der Waals surface area (Å²) in [7, 11) is -3.71. The first-order valence-electron chi connectivity index (χ1n) is 8.89. The van der Waals surface area contributed by atoms with E-state index in [9.17, 15) is 13.7 Å². The molecule has 7 heteroatoms. The second-order valence-corrected chi connectivity index (χ2v) is 8.55. The molecule has 25 heavy (non-hydrogen) atoms. The Balaban J connectivity index is 1.79. The zero-order valence-corrected chi connectivity index (χ0v) is 15.2. The van der Waals surface area contributed by atoms with E-state index >= 15 is 0 Å². The third-order valence-corrected chi connectivity index (χ3v) is 6.81. The molecule has 1 saturated carbocycles. The van der Waals surface area contributed by atoms with Crippen LogP contribution >= 0.6 is 0 Å². The first kappa shape index (κ1) is 18.3. The van der Waals surface area contributed by atoms with E-state index in [0.29, 0.717) is 19.8 Å². The molecule has 0 aromatic heterocycles. The number of benzene rings is 1. The maximum Gasteiger partial charge on any atom is 0.241 e. The lowest BCUT2D eigenvalue weighted by Gasteiger charge is -2.48. The number of hydrogen-bond donors (Lipinski definition) is 1. The van der Waals surface area contributed by atoms with Crippen LogP contribution in [0.1, 0.15) is 37.7 Å². The van der Waals surface area contributed by atoms with Crippen LogP contribution in [0.3, 0.4) is 0 Å². The van der Waals surface area contributed by atoms with Crippen molar-refractivity contribution >= 4 is 10.0 Å². The van der Waals surface area contributed by atoms with E-state index in [-0.39, 0.29) is 16.0 Å². The summed E-state index contributed by atoms with van der Waals surface area (Å²) in [5.41, 5.74) is 0.0375. The number of nitriles is 1. The molecule has 6 nitrogen and oxygen atoms in total. The highest BCUT2D eigenvalue weighted by Gasteiger charge is 2.39. The van der Waals surface area contributed by atoms with Crippen LogP contribution in [0.15, 0.2) is 29.2 Å². The highest BCUT2D eigenvalue weighted by Crippen LogP contribution is 2.34. The minimum atomic E-state index is -3.71. The van der Waals surface area contributed by atoms with Gasteiger partial charge in [-0.3, -0.25) is 4.90 Å². The first-order chi connectivity index (χ1) is 12.1. The zero-order chi connectivity index (χ0) is 17.8. The Labute approximate surface area is 149 Å². The maximum absolute atomic E-state index is 12.8. The molecular formula is C18H25N3O3S. The third-order valence-electron chi connectivity index (χ3n) is 5.35. The summed E-state index contributed by atoms with van der Waals surface area (Å²) in [6.07, 6.45) is 5.43. The Morgan fingerprint density at radius 2 is 1.84 bits per heavy atom. The summed E-state index contributed by atoms with van der Waals surface area (Å²) in [5, 5.41) is 9.19. The molecule has 0 spiro atoms. The molecular weight excluding hydrogens is 338 g/mol. The summed E-state index contributed by atoms with van der Waals surface area (Å²) in [6.45, 7) is 3.47. The number of nitrogens with zero attached hydrogens (tertiary/aromatic N) is 2. The molecule has 0 amide bonds. The van der Waals surface area contributed by atoms with Gasteiger partial charge in [0.05, 0.1) is 23.7 Å². The molecule has 0 bridgehead atoms. The van der Waals surface area contributed by atoms with Crippen LogP contribution in [0.2, 0.25) is 0 Å². The molecule has 1 N–H and O–H groups in total. The van der Waals surface area contributed by atoms with Crippen LogP contribution in [-0.2, 0) is 14.8 Å². The molecule has 2 aliphatic rings. The van der Waals surface area contributed by atoms with E-state index in [2.05, 4.69) is 9.62 Å². The van der Waals surface area contributed by atoms with Crippen molar-refractivity contribution in [2.45, 2.75) is 42.5 Å². The normalized spacial score (nSPS) is 21.6. The predicted molar refractivity (Wildman–Crippen MR) is 94.6 cm³/mol. The van der Waals surface area contributed by atoms with Crippen LogP contribution in [0.25, 0.3) is 0 Å². The quantitative estimate of drug-likeness (QED) is 0.864. The van der Waals surface area contributed by atoms with Crippen LogP contribution in [0.5, 0.6) is 0 Å². The minimum absolute atomic E-state index is 0.0606. The Kier molecular flexibility index (Phi) is 5.74. The van der Waals surface area contributed by atoms with Crippen molar-refractivity contribution in [1.29, 1.82) is 5.26 Å². The van der Waals surface area contributed by atoms with Crippen LogP contribution < -0.4 is 4.72 Å². The number of ether oxygens (including phenoxy) is 1. The van der Waals surface area contributed by atoms with Crippen molar-refractivity contribution in [3.05, 3.63) is 29.8 Å². The standard InChI is InChI=1S/C18H25N3O3S/c19-14-16-6-2-3-7-17(16)25(22,23)20-15-18(8-4-1-5-9-18)21-10-12-24-13-11-21/h2-3,6-7,20H,1,4-5,8-13,15H2. The summed E-state index contributed by atoms with van der Waals surface area (Å²) >= 11 is 0. The highest BCUT2D eigenvalue weighted by molar-refractivity contribution is 7.89. The van der Waals surface area contributed by atoms with Gasteiger partial charge in [0, 0.05) is 25.2 Å². The Morgan fingerprint density at radius 3 is 2.52 bits per heavy atom. The number of hydrogen-bond acceptors (Lipinski definition) is 5.